The second kappa shape index (κ2) is 6.68. The number of ether oxygens (including phenoxy) is 1. The minimum absolute atomic E-state index is 0.0929. The van der Waals surface area contributed by atoms with E-state index in [9.17, 15) is 10.1 Å². The number of nitrogens with one attached hydrogen (secondary N) is 1. The highest BCUT2D eigenvalue weighted by atomic mass is 16.6. The van der Waals surface area contributed by atoms with Gasteiger partial charge in [-0.25, -0.2) is 0 Å². The van der Waals surface area contributed by atoms with Gasteiger partial charge in [0.05, 0.1) is 11.5 Å². The van der Waals surface area contributed by atoms with Gasteiger partial charge < -0.3 is 10.1 Å². The zero-order valence-corrected chi connectivity index (χ0v) is 11.2. The lowest BCUT2D eigenvalue weighted by atomic mass is 10.1. The number of anilines is 1. The summed E-state index contributed by atoms with van der Waals surface area (Å²) in [5.41, 5.74) is 3.22. The van der Waals surface area contributed by atoms with Crippen LogP contribution in [0.2, 0.25) is 0 Å². The average Bonchev–Trinajstić information content (AvgIpc) is 2.47. The first-order valence-corrected chi connectivity index (χ1v) is 6.25. The zero-order valence-electron chi connectivity index (χ0n) is 11.2. The lowest BCUT2D eigenvalue weighted by Crippen LogP contribution is -2.03. The summed E-state index contributed by atoms with van der Waals surface area (Å²) in [6, 6.07) is 14.4. The molecular weight excluding hydrogens is 256 g/mol. The summed E-state index contributed by atoms with van der Waals surface area (Å²) in [4.78, 5) is 10.2. The highest BCUT2D eigenvalue weighted by molar-refractivity contribution is 5.49. The van der Waals surface area contributed by atoms with Gasteiger partial charge in [0.2, 0.25) is 0 Å². The molecule has 2 aromatic rings. The standard InChI is InChI=1S/C15H16N2O3/c1-20-11-13-5-3-2-4-12(13)10-16-14-6-8-15(9-7-14)17(18)19/h2-9,16H,10-11H2,1H3. The molecule has 2 rings (SSSR count). The molecule has 0 atom stereocenters. The van der Waals surface area contributed by atoms with E-state index < -0.39 is 4.92 Å². The normalized spacial score (nSPS) is 10.2. The van der Waals surface area contributed by atoms with Crippen LogP contribution in [-0.4, -0.2) is 12.0 Å². The van der Waals surface area contributed by atoms with Gasteiger partial charge in [0.1, 0.15) is 0 Å². The fraction of sp³-hybridized carbons (Fsp3) is 0.200. The fourth-order valence-electron chi connectivity index (χ4n) is 1.92. The van der Waals surface area contributed by atoms with E-state index in [1.54, 1.807) is 19.2 Å². The number of rotatable bonds is 6. The van der Waals surface area contributed by atoms with Crippen LogP contribution in [0.1, 0.15) is 11.1 Å². The van der Waals surface area contributed by atoms with Gasteiger partial charge in [-0.3, -0.25) is 10.1 Å². The quantitative estimate of drug-likeness (QED) is 0.647. The molecule has 0 saturated heterocycles. The first-order chi connectivity index (χ1) is 9.70. The molecular formula is C15H16N2O3. The Labute approximate surface area is 117 Å². The van der Waals surface area contributed by atoms with Gasteiger partial charge in [0.25, 0.3) is 5.69 Å². The lowest BCUT2D eigenvalue weighted by molar-refractivity contribution is -0.384. The van der Waals surface area contributed by atoms with Gasteiger partial charge in [-0.05, 0) is 23.3 Å². The fourth-order valence-corrected chi connectivity index (χ4v) is 1.92. The summed E-state index contributed by atoms with van der Waals surface area (Å²) in [7, 11) is 1.67. The van der Waals surface area contributed by atoms with E-state index in [1.807, 2.05) is 24.3 Å². The van der Waals surface area contributed by atoms with Crippen molar-refractivity contribution in [1.29, 1.82) is 0 Å². The van der Waals surface area contributed by atoms with Crippen LogP contribution < -0.4 is 5.32 Å². The van der Waals surface area contributed by atoms with E-state index in [-0.39, 0.29) is 5.69 Å². The molecule has 0 aliphatic rings. The summed E-state index contributed by atoms with van der Waals surface area (Å²) in [5, 5.41) is 13.8. The van der Waals surface area contributed by atoms with Gasteiger partial charge in [-0.2, -0.15) is 0 Å². The summed E-state index contributed by atoms with van der Waals surface area (Å²) in [5.74, 6) is 0. The summed E-state index contributed by atoms with van der Waals surface area (Å²) >= 11 is 0. The SMILES string of the molecule is COCc1ccccc1CNc1ccc([N+](=O)[O-])cc1. The van der Waals surface area contributed by atoms with Gasteiger partial charge in [0.15, 0.2) is 0 Å². The maximum atomic E-state index is 10.6. The molecule has 0 aliphatic heterocycles. The van der Waals surface area contributed by atoms with Crippen LogP contribution in [-0.2, 0) is 17.9 Å². The molecule has 20 heavy (non-hydrogen) atoms. The molecule has 0 fully saturated rings. The molecule has 5 nitrogen and oxygen atoms in total. The van der Waals surface area contributed by atoms with Crippen molar-refractivity contribution in [3.05, 3.63) is 69.8 Å². The average molecular weight is 272 g/mol. The topological polar surface area (TPSA) is 64.4 Å². The maximum Gasteiger partial charge on any atom is 0.269 e. The van der Waals surface area contributed by atoms with Crippen LogP contribution in [0.5, 0.6) is 0 Å². The van der Waals surface area contributed by atoms with Crippen molar-refractivity contribution in [3.8, 4) is 0 Å². The van der Waals surface area contributed by atoms with Crippen LogP contribution in [0.3, 0.4) is 0 Å². The number of nitro groups is 1. The number of benzene rings is 2. The van der Waals surface area contributed by atoms with Gasteiger partial charge >= 0.3 is 0 Å². The van der Waals surface area contributed by atoms with Crippen molar-refractivity contribution >= 4 is 11.4 Å². The number of nitro benzene ring substituents is 1. The third-order valence-electron chi connectivity index (χ3n) is 2.98. The lowest BCUT2D eigenvalue weighted by Gasteiger charge is -2.10. The molecule has 0 heterocycles. The molecule has 0 aliphatic carbocycles. The van der Waals surface area contributed by atoms with Crippen molar-refractivity contribution in [1.82, 2.24) is 0 Å². The second-order valence-corrected chi connectivity index (χ2v) is 4.36. The van der Waals surface area contributed by atoms with Gasteiger partial charge in [-0.15, -0.1) is 0 Å². The predicted octanol–water partition coefficient (Wildman–Crippen LogP) is 3.35. The van der Waals surface area contributed by atoms with E-state index in [4.69, 9.17) is 4.74 Å². The maximum absolute atomic E-state index is 10.6. The second-order valence-electron chi connectivity index (χ2n) is 4.36. The Hall–Kier alpha value is -2.40. The summed E-state index contributed by atoms with van der Waals surface area (Å²) in [6.07, 6.45) is 0. The third kappa shape index (κ3) is 3.55. The summed E-state index contributed by atoms with van der Waals surface area (Å²) < 4.78 is 5.16. The monoisotopic (exact) mass is 272 g/mol. The van der Waals surface area contributed by atoms with Gasteiger partial charge in [0, 0.05) is 31.5 Å². The Morgan fingerprint density at radius 3 is 2.35 bits per heavy atom. The Morgan fingerprint density at radius 2 is 1.75 bits per heavy atom. The van der Waals surface area contributed by atoms with Crippen LogP contribution in [0.4, 0.5) is 11.4 Å². The molecule has 5 heteroatoms. The highest BCUT2D eigenvalue weighted by Gasteiger charge is 2.05. The third-order valence-corrected chi connectivity index (χ3v) is 2.98. The molecule has 0 radical (unpaired) electrons. The van der Waals surface area contributed by atoms with Crippen molar-refractivity contribution in [2.75, 3.05) is 12.4 Å². The molecule has 0 amide bonds. The molecule has 1 N–H and O–H groups in total. The molecule has 2 aromatic carbocycles. The van der Waals surface area contributed by atoms with E-state index >= 15 is 0 Å². The number of hydrogen-bond donors (Lipinski definition) is 1. The van der Waals surface area contributed by atoms with Crippen molar-refractivity contribution in [2.45, 2.75) is 13.2 Å². The van der Waals surface area contributed by atoms with Crippen LogP contribution in [0.25, 0.3) is 0 Å². The predicted molar refractivity (Wildman–Crippen MR) is 77.6 cm³/mol. The Morgan fingerprint density at radius 1 is 1.10 bits per heavy atom. The smallest absolute Gasteiger partial charge is 0.269 e. The zero-order chi connectivity index (χ0) is 14.4. The molecule has 0 spiro atoms. The molecule has 104 valence electrons. The van der Waals surface area contributed by atoms with Crippen molar-refractivity contribution in [3.63, 3.8) is 0 Å². The molecule has 0 saturated carbocycles. The van der Waals surface area contributed by atoms with E-state index in [0.717, 1.165) is 16.8 Å². The molecule has 0 unspecified atom stereocenters. The van der Waals surface area contributed by atoms with E-state index in [0.29, 0.717) is 13.2 Å². The largest absolute Gasteiger partial charge is 0.381 e. The van der Waals surface area contributed by atoms with Crippen LogP contribution in [0, 0.1) is 10.1 Å². The van der Waals surface area contributed by atoms with Crippen molar-refractivity contribution in [2.24, 2.45) is 0 Å². The minimum Gasteiger partial charge on any atom is -0.381 e. The summed E-state index contributed by atoms with van der Waals surface area (Å²) in [6.45, 7) is 1.22. The Bertz CT molecular complexity index is 582. The number of methoxy groups -OCH3 is 1. The first-order valence-electron chi connectivity index (χ1n) is 6.25. The number of nitrogens with zero attached hydrogens (tertiary/aromatic N) is 1. The van der Waals surface area contributed by atoms with E-state index in [2.05, 4.69) is 5.32 Å². The van der Waals surface area contributed by atoms with Crippen LogP contribution in [0.15, 0.2) is 48.5 Å². The highest BCUT2D eigenvalue weighted by Crippen LogP contribution is 2.17. The molecule has 0 bridgehead atoms. The van der Waals surface area contributed by atoms with Gasteiger partial charge in [-0.1, -0.05) is 24.3 Å². The van der Waals surface area contributed by atoms with Crippen LogP contribution >= 0.6 is 0 Å². The molecule has 0 aromatic heterocycles. The number of non-ortho nitro benzene ring substituents is 1. The van der Waals surface area contributed by atoms with Crippen molar-refractivity contribution < 1.29 is 9.66 Å². The number of hydrogen-bond acceptors (Lipinski definition) is 4. The Balaban J connectivity index is 2.03. The van der Waals surface area contributed by atoms with E-state index in [1.165, 1.54) is 12.1 Å². The minimum atomic E-state index is -0.405. The first kappa shape index (κ1) is 14.0. The Kier molecular flexibility index (Phi) is 4.68.